The molecule has 1 N–H and O–H groups in total. The molecule has 3 heterocycles. The van der Waals surface area contributed by atoms with E-state index >= 15 is 0 Å². The lowest BCUT2D eigenvalue weighted by Gasteiger charge is -2.29. The Hall–Kier alpha value is -2.22. The van der Waals surface area contributed by atoms with E-state index in [1.165, 1.54) is 30.6 Å². The van der Waals surface area contributed by atoms with E-state index in [0.29, 0.717) is 43.5 Å². The fraction of sp³-hybridized carbons (Fsp3) is 0.600. The zero-order chi connectivity index (χ0) is 19.7. The molecule has 0 spiro atoms. The highest BCUT2D eigenvalue weighted by Crippen LogP contribution is 2.24. The van der Waals surface area contributed by atoms with Gasteiger partial charge < -0.3 is 5.32 Å². The number of hydrogen-bond donors (Lipinski definition) is 1. The number of rotatable bonds is 6. The molecule has 4 rings (SSSR count). The Morgan fingerprint density at radius 1 is 1.32 bits per heavy atom. The highest BCUT2D eigenvalue weighted by molar-refractivity contribution is 7.17. The average Bonchev–Trinajstić information content (AvgIpc) is 3.31. The van der Waals surface area contributed by atoms with Crippen molar-refractivity contribution in [2.24, 2.45) is 5.92 Å². The molecule has 8 heteroatoms. The fourth-order valence-corrected chi connectivity index (χ4v) is 5.07. The zero-order valence-electron chi connectivity index (χ0n) is 16.5. The normalized spacial score (nSPS) is 20.1. The van der Waals surface area contributed by atoms with Gasteiger partial charge in [-0.1, -0.05) is 19.8 Å². The molecule has 1 aliphatic rings. The van der Waals surface area contributed by atoms with E-state index < -0.39 is 0 Å². The third-order valence-electron chi connectivity index (χ3n) is 5.86. The van der Waals surface area contributed by atoms with Crippen molar-refractivity contribution >= 4 is 33.2 Å². The van der Waals surface area contributed by atoms with Crippen LogP contribution in [-0.4, -0.2) is 31.1 Å². The fourth-order valence-electron chi connectivity index (χ4n) is 4.24. The van der Waals surface area contributed by atoms with Gasteiger partial charge in [-0.3, -0.25) is 18.6 Å². The first kappa shape index (κ1) is 19.1. The van der Waals surface area contributed by atoms with Crippen LogP contribution in [0.15, 0.2) is 16.2 Å². The van der Waals surface area contributed by atoms with Crippen molar-refractivity contribution in [2.75, 3.05) is 0 Å². The molecule has 0 unspecified atom stereocenters. The van der Waals surface area contributed by atoms with Gasteiger partial charge in [0, 0.05) is 25.4 Å². The van der Waals surface area contributed by atoms with Gasteiger partial charge >= 0.3 is 0 Å². The van der Waals surface area contributed by atoms with Gasteiger partial charge in [0.15, 0.2) is 0 Å². The van der Waals surface area contributed by atoms with Gasteiger partial charge in [0.25, 0.3) is 5.56 Å². The molecule has 1 amide bonds. The van der Waals surface area contributed by atoms with Crippen molar-refractivity contribution in [3.63, 3.8) is 0 Å². The molecular weight excluding hydrogens is 374 g/mol. The molecule has 0 bridgehead atoms. The SMILES string of the molecule is CCn1c(=O)c2sccc2n2c(CCCC(=O)N[C@H]3CCCC[C@H]3C)nnc12. The lowest BCUT2D eigenvalue weighted by molar-refractivity contribution is -0.122. The average molecular weight is 402 g/mol. The van der Waals surface area contributed by atoms with E-state index in [1.54, 1.807) is 4.57 Å². The predicted molar refractivity (Wildman–Crippen MR) is 111 cm³/mol. The summed E-state index contributed by atoms with van der Waals surface area (Å²) in [6.45, 7) is 4.72. The Labute approximate surface area is 167 Å². The molecular formula is C20H27N5O2S. The lowest BCUT2D eigenvalue weighted by atomic mass is 9.86. The zero-order valence-corrected chi connectivity index (χ0v) is 17.3. The second kappa shape index (κ2) is 8.03. The van der Waals surface area contributed by atoms with E-state index in [9.17, 15) is 9.59 Å². The van der Waals surface area contributed by atoms with Gasteiger partial charge in [0.2, 0.25) is 11.7 Å². The molecule has 2 atom stereocenters. The monoisotopic (exact) mass is 401 g/mol. The number of nitrogens with zero attached hydrogens (tertiary/aromatic N) is 4. The smallest absolute Gasteiger partial charge is 0.272 e. The van der Waals surface area contributed by atoms with Gasteiger partial charge in [-0.15, -0.1) is 21.5 Å². The topological polar surface area (TPSA) is 81.3 Å². The summed E-state index contributed by atoms with van der Waals surface area (Å²) < 4.78 is 4.35. The van der Waals surface area contributed by atoms with Gasteiger partial charge in [-0.25, -0.2) is 0 Å². The standard InChI is InChI=1S/C20H27N5O2S/c1-3-24-19(27)18-15(11-12-28-18)25-16(22-23-20(24)25)9-6-10-17(26)21-14-8-5-4-7-13(14)2/h11-14H,3-10H2,1-2H3,(H,21,26)/t13-,14+/m1/s1. The van der Waals surface area contributed by atoms with Crippen molar-refractivity contribution in [1.29, 1.82) is 0 Å². The van der Waals surface area contributed by atoms with E-state index in [1.807, 2.05) is 22.8 Å². The lowest BCUT2D eigenvalue weighted by Crippen LogP contribution is -2.40. The van der Waals surface area contributed by atoms with Crippen LogP contribution in [0.3, 0.4) is 0 Å². The molecule has 7 nitrogen and oxygen atoms in total. The van der Waals surface area contributed by atoms with Crippen LogP contribution in [-0.2, 0) is 17.8 Å². The van der Waals surface area contributed by atoms with E-state index in [0.717, 1.165) is 22.5 Å². The maximum absolute atomic E-state index is 12.6. The Morgan fingerprint density at radius 3 is 2.93 bits per heavy atom. The summed E-state index contributed by atoms with van der Waals surface area (Å²) in [7, 11) is 0. The summed E-state index contributed by atoms with van der Waals surface area (Å²) in [5.41, 5.74) is 0.843. The number of thiophene rings is 1. The summed E-state index contributed by atoms with van der Waals surface area (Å²) in [6.07, 6.45) is 6.62. The number of carbonyl (C=O) groups excluding carboxylic acids is 1. The van der Waals surface area contributed by atoms with E-state index in [2.05, 4.69) is 22.4 Å². The quantitative estimate of drug-likeness (QED) is 0.688. The number of hydrogen-bond acceptors (Lipinski definition) is 5. The Balaban J connectivity index is 1.48. The van der Waals surface area contributed by atoms with Crippen molar-refractivity contribution in [2.45, 2.75) is 71.4 Å². The Bertz CT molecular complexity index is 1050. The molecule has 1 aliphatic carbocycles. The maximum atomic E-state index is 12.6. The molecule has 0 saturated heterocycles. The summed E-state index contributed by atoms with van der Waals surface area (Å²) in [6, 6.07) is 2.26. The second-order valence-electron chi connectivity index (χ2n) is 7.73. The van der Waals surface area contributed by atoms with Crippen LogP contribution in [0.4, 0.5) is 0 Å². The van der Waals surface area contributed by atoms with Crippen LogP contribution in [0.5, 0.6) is 0 Å². The highest BCUT2D eigenvalue weighted by Gasteiger charge is 2.23. The summed E-state index contributed by atoms with van der Waals surface area (Å²) >= 11 is 1.44. The van der Waals surface area contributed by atoms with Gasteiger partial charge in [-0.2, -0.15) is 0 Å². The summed E-state index contributed by atoms with van der Waals surface area (Å²) in [4.78, 5) is 25.0. The number of nitrogens with one attached hydrogen (secondary N) is 1. The molecule has 150 valence electrons. The van der Waals surface area contributed by atoms with Crippen molar-refractivity contribution in [3.05, 3.63) is 27.6 Å². The second-order valence-corrected chi connectivity index (χ2v) is 8.64. The van der Waals surface area contributed by atoms with Crippen LogP contribution in [0, 0.1) is 5.92 Å². The predicted octanol–water partition coefficient (Wildman–Crippen LogP) is 3.14. The molecule has 3 aromatic rings. The van der Waals surface area contributed by atoms with Gasteiger partial charge in [0.05, 0.1) is 5.52 Å². The first-order valence-corrected chi connectivity index (χ1v) is 11.1. The molecule has 1 fully saturated rings. The number of aryl methyl sites for hydroxylation is 2. The first-order chi connectivity index (χ1) is 13.6. The molecule has 0 aliphatic heterocycles. The van der Waals surface area contributed by atoms with Gasteiger partial charge in [-0.05, 0) is 43.6 Å². The van der Waals surface area contributed by atoms with E-state index in [4.69, 9.17) is 0 Å². The van der Waals surface area contributed by atoms with Crippen LogP contribution in [0.2, 0.25) is 0 Å². The molecule has 28 heavy (non-hydrogen) atoms. The number of fused-ring (bicyclic) bond motifs is 3. The number of aromatic nitrogens is 4. The number of amides is 1. The number of carbonyl (C=O) groups is 1. The molecule has 3 aromatic heterocycles. The minimum atomic E-state index is -0.0140. The molecule has 0 radical (unpaired) electrons. The van der Waals surface area contributed by atoms with Gasteiger partial charge in [0.1, 0.15) is 10.5 Å². The Morgan fingerprint density at radius 2 is 2.14 bits per heavy atom. The van der Waals surface area contributed by atoms with Crippen LogP contribution < -0.4 is 10.9 Å². The molecule has 1 saturated carbocycles. The Kier molecular flexibility index (Phi) is 5.48. The first-order valence-electron chi connectivity index (χ1n) is 10.2. The largest absolute Gasteiger partial charge is 0.353 e. The van der Waals surface area contributed by atoms with Crippen molar-refractivity contribution in [3.8, 4) is 0 Å². The third kappa shape index (κ3) is 3.45. The summed E-state index contributed by atoms with van der Waals surface area (Å²) in [5, 5.41) is 13.7. The van der Waals surface area contributed by atoms with Crippen molar-refractivity contribution < 1.29 is 4.79 Å². The van der Waals surface area contributed by atoms with E-state index in [-0.39, 0.29) is 11.5 Å². The van der Waals surface area contributed by atoms with Crippen LogP contribution in [0.25, 0.3) is 16.0 Å². The van der Waals surface area contributed by atoms with Crippen molar-refractivity contribution in [1.82, 2.24) is 24.5 Å². The minimum Gasteiger partial charge on any atom is -0.353 e. The minimum absolute atomic E-state index is 0.0140. The summed E-state index contributed by atoms with van der Waals surface area (Å²) in [5.74, 6) is 2.07. The van der Waals surface area contributed by atoms with Crippen LogP contribution in [0.1, 0.15) is 58.2 Å². The van der Waals surface area contributed by atoms with Crippen LogP contribution >= 0.6 is 11.3 Å². The third-order valence-corrected chi connectivity index (χ3v) is 6.75. The maximum Gasteiger partial charge on any atom is 0.272 e. The highest BCUT2D eigenvalue weighted by atomic mass is 32.1. The molecule has 0 aromatic carbocycles.